The van der Waals surface area contributed by atoms with Gasteiger partial charge < -0.3 is 0 Å². The van der Waals surface area contributed by atoms with Crippen LogP contribution in [-0.2, 0) is 12.8 Å². The van der Waals surface area contributed by atoms with Gasteiger partial charge in [-0.05, 0) is 94.5 Å². The third-order valence-electron chi connectivity index (χ3n) is 13.0. The fraction of sp³-hybridized carbons (Fsp3) is 0.750. The van der Waals surface area contributed by atoms with E-state index < -0.39 is 16.1 Å². The maximum absolute atomic E-state index is 5.10. The quantitative estimate of drug-likeness (QED) is 0.178. The molecule has 2 saturated heterocycles. The zero-order valence-corrected chi connectivity index (χ0v) is 33.9. The van der Waals surface area contributed by atoms with E-state index in [0.717, 1.165) is 59.2 Å². The van der Waals surface area contributed by atoms with E-state index in [1.54, 1.807) is 10.4 Å². The number of nitrogens with zero attached hydrogens (tertiary/aromatic N) is 4. The molecular weight excluding hydrogens is 593 g/mol. The molecule has 2 fully saturated rings. The van der Waals surface area contributed by atoms with Crippen molar-refractivity contribution >= 4 is 26.5 Å². The molecule has 0 N–H and O–H groups in total. The van der Waals surface area contributed by atoms with Gasteiger partial charge in [0.2, 0.25) is 0 Å². The minimum Gasteiger partial charge on any atom is -0.298 e. The van der Waals surface area contributed by atoms with Crippen LogP contribution in [-0.4, -0.2) is 74.2 Å². The van der Waals surface area contributed by atoms with E-state index in [0.29, 0.717) is 12.1 Å². The van der Waals surface area contributed by atoms with Crippen molar-refractivity contribution in [3.63, 3.8) is 0 Å². The summed E-state index contributed by atoms with van der Waals surface area (Å²) >= 11 is 0. The average molecular weight is 663 g/mol. The van der Waals surface area contributed by atoms with E-state index in [9.17, 15) is 0 Å². The fourth-order valence-corrected chi connectivity index (χ4v) is 24.6. The summed E-state index contributed by atoms with van der Waals surface area (Å²) in [4.78, 5) is 15.8. The summed E-state index contributed by atoms with van der Waals surface area (Å²) in [6.45, 7) is 34.2. The van der Waals surface area contributed by atoms with Crippen molar-refractivity contribution in [1.82, 2.24) is 19.8 Å². The molecule has 2 aliphatic heterocycles. The molecule has 4 nitrogen and oxygen atoms in total. The minimum absolute atomic E-state index is 0.690. The van der Waals surface area contributed by atoms with Crippen LogP contribution in [0.5, 0.6) is 0 Å². The number of aromatic nitrogens is 2. The summed E-state index contributed by atoms with van der Waals surface area (Å²) in [5.41, 5.74) is 6.85. The molecule has 2 atom stereocenters. The Labute approximate surface area is 286 Å². The predicted molar refractivity (Wildman–Crippen MR) is 206 cm³/mol. The maximum atomic E-state index is 5.10. The molecule has 4 heterocycles. The zero-order valence-electron chi connectivity index (χ0n) is 31.9. The number of likely N-dealkylation sites (tertiary alicyclic amines) is 2. The Balaban J connectivity index is 1.37. The first-order valence-corrected chi connectivity index (χ1v) is 23.6. The summed E-state index contributed by atoms with van der Waals surface area (Å²) in [6.07, 6.45) is 12.0. The standard InChI is InChI=1S/C40H70N4Si2/c1-29(2)45(30(3)4,31(5)6)37-19-17-35(41-27-37)21-25-43-23-13-15-39(43)40-16-14-24-44(40)26-22-36-18-20-38(28-42-36)46(32(7)8,33(9)10)34(11)12/h17-20,27-34,39-40H,13-16,21-26H2,1-12H3/t39-,40-/m0/s1. The van der Waals surface area contributed by atoms with E-state index in [1.165, 1.54) is 50.2 Å². The Morgan fingerprint density at radius 3 is 1.13 bits per heavy atom. The predicted octanol–water partition coefficient (Wildman–Crippen LogP) is 8.96. The first kappa shape index (κ1) is 37.5. The highest BCUT2D eigenvalue weighted by Crippen LogP contribution is 2.42. The second-order valence-corrected chi connectivity index (χ2v) is 28.7. The van der Waals surface area contributed by atoms with E-state index in [4.69, 9.17) is 9.97 Å². The van der Waals surface area contributed by atoms with Crippen molar-refractivity contribution in [3.8, 4) is 0 Å². The van der Waals surface area contributed by atoms with Crippen LogP contribution < -0.4 is 10.4 Å². The molecule has 0 radical (unpaired) electrons. The number of pyridine rings is 2. The molecular formula is C40H70N4Si2. The van der Waals surface area contributed by atoms with Crippen LogP contribution in [0.15, 0.2) is 36.7 Å². The van der Waals surface area contributed by atoms with Gasteiger partial charge >= 0.3 is 0 Å². The van der Waals surface area contributed by atoms with Crippen LogP contribution in [0.3, 0.4) is 0 Å². The van der Waals surface area contributed by atoms with E-state index >= 15 is 0 Å². The summed E-state index contributed by atoms with van der Waals surface area (Å²) in [6, 6.07) is 11.0. The van der Waals surface area contributed by atoms with Gasteiger partial charge in [0, 0.05) is 61.8 Å². The Hall–Kier alpha value is -1.35. The van der Waals surface area contributed by atoms with Crippen molar-refractivity contribution < 1.29 is 0 Å². The molecule has 2 aliphatic rings. The topological polar surface area (TPSA) is 32.3 Å². The second-order valence-electron chi connectivity index (χ2n) is 16.9. The summed E-state index contributed by atoms with van der Waals surface area (Å²) < 4.78 is 0. The third kappa shape index (κ3) is 7.30. The number of hydrogen-bond acceptors (Lipinski definition) is 4. The van der Waals surface area contributed by atoms with Gasteiger partial charge in [-0.15, -0.1) is 0 Å². The number of rotatable bonds is 15. The van der Waals surface area contributed by atoms with Crippen LogP contribution in [0.4, 0.5) is 0 Å². The molecule has 46 heavy (non-hydrogen) atoms. The van der Waals surface area contributed by atoms with Crippen molar-refractivity contribution in [2.24, 2.45) is 0 Å². The highest BCUT2D eigenvalue weighted by molar-refractivity contribution is 6.95. The number of hydrogen-bond donors (Lipinski definition) is 0. The summed E-state index contributed by atoms with van der Waals surface area (Å²) in [7, 11) is -3.30. The molecule has 0 spiro atoms. The summed E-state index contributed by atoms with van der Waals surface area (Å²) in [5, 5.41) is 3.12. The first-order chi connectivity index (χ1) is 21.8. The van der Waals surface area contributed by atoms with Crippen LogP contribution >= 0.6 is 0 Å². The Kier molecular flexibility index (Phi) is 13.0. The average Bonchev–Trinajstić information content (AvgIpc) is 3.65. The summed E-state index contributed by atoms with van der Waals surface area (Å²) in [5.74, 6) is 0. The van der Waals surface area contributed by atoms with Crippen molar-refractivity contribution in [3.05, 3.63) is 48.0 Å². The van der Waals surface area contributed by atoms with E-state index in [2.05, 4.69) is 130 Å². The molecule has 0 unspecified atom stereocenters. The normalized spacial score (nSPS) is 20.6. The molecule has 0 saturated carbocycles. The first-order valence-electron chi connectivity index (χ1n) is 19.2. The Morgan fingerprint density at radius 2 is 0.870 bits per heavy atom. The molecule has 2 aromatic heterocycles. The van der Waals surface area contributed by atoms with Gasteiger partial charge in [-0.25, -0.2) is 0 Å². The van der Waals surface area contributed by atoms with Crippen molar-refractivity contribution in [2.45, 2.75) is 167 Å². The van der Waals surface area contributed by atoms with Crippen LogP contribution in [0.25, 0.3) is 0 Å². The second kappa shape index (κ2) is 15.9. The highest BCUT2D eigenvalue weighted by atomic mass is 28.3. The lowest BCUT2D eigenvalue weighted by Crippen LogP contribution is -2.55. The molecule has 0 bridgehead atoms. The molecule has 0 amide bonds. The Morgan fingerprint density at radius 1 is 0.543 bits per heavy atom. The lowest BCUT2D eigenvalue weighted by atomic mass is 10.0. The van der Waals surface area contributed by atoms with Crippen molar-refractivity contribution in [2.75, 3.05) is 26.2 Å². The van der Waals surface area contributed by atoms with E-state index in [-0.39, 0.29) is 0 Å². The molecule has 2 aromatic rings. The minimum atomic E-state index is -1.65. The van der Waals surface area contributed by atoms with Crippen LogP contribution in [0, 0.1) is 0 Å². The van der Waals surface area contributed by atoms with Gasteiger partial charge in [-0.1, -0.05) is 95.2 Å². The molecule has 258 valence electrons. The zero-order chi connectivity index (χ0) is 33.8. The monoisotopic (exact) mass is 663 g/mol. The smallest absolute Gasteiger partial charge is 0.0962 e. The van der Waals surface area contributed by atoms with Crippen LogP contribution in [0.1, 0.15) is 120 Å². The van der Waals surface area contributed by atoms with Gasteiger partial charge in [-0.2, -0.15) is 0 Å². The van der Waals surface area contributed by atoms with Gasteiger partial charge in [0.25, 0.3) is 0 Å². The SMILES string of the molecule is CC(C)[Si](c1ccc(CCN2CCC[C@H]2[C@@H]2CCCN2CCc2ccc([Si](C(C)C)(C(C)C)C(C)C)cn2)nc1)(C(C)C)C(C)C. The van der Waals surface area contributed by atoms with Gasteiger partial charge in [-0.3, -0.25) is 19.8 Å². The van der Waals surface area contributed by atoms with Gasteiger partial charge in [0.1, 0.15) is 0 Å². The molecule has 0 aliphatic carbocycles. The van der Waals surface area contributed by atoms with Crippen molar-refractivity contribution in [1.29, 1.82) is 0 Å². The lowest BCUT2D eigenvalue weighted by molar-refractivity contribution is 0.135. The van der Waals surface area contributed by atoms with Crippen LogP contribution in [0.2, 0.25) is 33.2 Å². The third-order valence-corrected chi connectivity index (χ3v) is 27.0. The molecule has 0 aromatic carbocycles. The maximum Gasteiger partial charge on any atom is 0.0962 e. The van der Waals surface area contributed by atoms with Gasteiger partial charge in [0.15, 0.2) is 0 Å². The lowest BCUT2D eigenvalue weighted by Gasteiger charge is -2.43. The van der Waals surface area contributed by atoms with Gasteiger partial charge in [0.05, 0.1) is 16.1 Å². The fourth-order valence-electron chi connectivity index (χ4n) is 11.3. The molecule has 4 rings (SSSR count). The van der Waals surface area contributed by atoms with E-state index in [1.807, 2.05) is 0 Å². The largest absolute Gasteiger partial charge is 0.298 e. The molecule has 6 heteroatoms. The Bertz CT molecular complexity index is 1070. The highest BCUT2D eigenvalue weighted by Gasteiger charge is 2.45.